The number of ether oxygens (including phenoxy) is 3. The fourth-order valence-corrected chi connectivity index (χ4v) is 2.49. The number of esters is 2. The van der Waals surface area contributed by atoms with E-state index in [2.05, 4.69) is 0 Å². The summed E-state index contributed by atoms with van der Waals surface area (Å²) in [5, 5.41) is 0. The van der Waals surface area contributed by atoms with E-state index in [1.807, 2.05) is 18.2 Å². The molecule has 0 amide bonds. The van der Waals surface area contributed by atoms with Crippen LogP contribution in [0.2, 0.25) is 0 Å². The standard InChI is InChI=1S/C15H18O5/c1-9(16)19-14-7-5-11-4-6-12(18-3)8-13(11)15(14)20-10(2)17/h4,6,8,14-15H,5,7H2,1-3H3. The number of carbonyl (C=O) groups is 2. The van der Waals surface area contributed by atoms with Crippen molar-refractivity contribution in [3.63, 3.8) is 0 Å². The fourth-order valence-electron chi connectivity index (χ4n) is 2.49. The monoisotopic (exact) mass is 278 g/mol. The summed E-state index contributed by atoms with van der Waals surface area (Å²) in [7, 11) is 1.58. The van der Waals surface area contributed by atoms with E-state index in [4.69, 9.17) is 14.2 Å². The van der Waals surface area contributed by atoms with Gasteiger partial charge in [0.25, 0.3) is 0 Å². The Hall–Kier alpha value is -2.04. The maximum Gasteiger partial charge on any atom is 0.303 e. The fraction of sp³-hybridized carbons (Fsp3) is 0.467. The number of fused-ring (bicyclic) bond motifs is 1. The largest absolute Gasteiger partial charge is 0.497 e. The molecule has 0 aliphatic heterocycles. The van der Waals surface area contributed by atoms with E-state index >= 15 is 0 Å². The molecule has 0 bridgehead atoms. The van der Waals surface area contributed by atoms with Crippen molar-refractivity contribution in [2.75, 3.05) is 7.11 Å². The highest BCUT2D eigenvalue weighted by Crippen LogP contribution is 2.36. The van der Waals surface area contributed by atoms with E-state index in [0.29, 0.717) is 12.2 Å². The Morgan fingerprint density at radius 2 is 1.85 bits per heavy atom. The Bertz CT molecular complexity index is 523. The molecular weight excluding hydrogens is 260 g/mol. The van der Waals surface area contributed by atoms with Crippen LogP contribution in [0.15, 0.2) is 18.2 Å². The molecule has 2 unspecified atom stereocenters. The van der Waals surface area contributed by atoms with Gasteiger partial charge in [0.1, 0.15) is 11.9 Å². The lowest BCUT2D eigenvalue weighted by atomic mass is 9.87. The predicted octanol–water partition coefficient (Wildman–Crippen LogP) is 2.18. The number of hydrogen-bond donors (Lipinski definition) is 0. The van der Waals surface area contributed by atoms with Crippen molar-refractivity contribution < 1.29 is 23.8 Å². The number of carbonyl (C=O) groups excluding carboxylic acids is 2. The number of rotatable bonds is 3. The minimum Gasteiger partial charge on any atom is -0.497 e. The lowest BCUT2D eigenvalue weighted by Crippen LogP contribution is -2.32. The second-order valence-corrected chi connectivity index (χ2v) is 4.78. The number of methoxy groups -OCH3 is 1. The third kappa shape index (κ3) is 3.10. The molecule has 5 heteroatoms. The van der Waals surface area contributed by atoms with Crippen LogP contribution in [0.5, 0.6) is 5.75 Å². The van der Waals surface area contributed by atoms with E-state index < -0.39 is 18.2 Å². The number of benzene rings is 1. The highest BCUT2D eigenvalue weighted by atomic mass is 16.6. The summed E-state index contributed by atoms with van der Waals surface area (Å²) < 4.78 is 15.8. The zero-order chi connectivity index (χ0) is 14.7. The van der Waals surface area contributed by atoms with Gasteiger partial charge in [-0.05, 0) is 30.5 Å². The summed E-state index contributed by atoms with van der Waals surface area (Å²) in [4.78, 5) is 22.5. The van der Waals surface area contributed by atoms with Gasteiger partial charge in [-0.1, -0.05) is 6.07 Å². The molecule has 0 saturated carbocycles. The minimum atomic E-state index is -0.574. The van der Waals surface area contributed by atoms with Crippen molar-refractivity contribution in [1.82, 2.24) is 0 Å². The van der Waals surface area contributed by atoms with Crippen LogP contribution in [0.1, 0.15) is 37.5 Å². The third-order valence-corrected chi connectivity index (χ3v) is 3.31. The van der Waals surface area contributed by atoms with Crippen molar-refractivity contribution in [3.05, 3.63) is 29.3 Å². The molecule has 0 saturated heterocycles. The smallest absolute Gasteiger partial charge is 0.303 e. The molecule has 2 atom stereocenters. The Labute approximate surface area is 117 Å². The molecule has 1 aliphatic rings. The molecule has 20 heavy (non-hydrogen) atoms. The third-order valence-electron chi connectivity index (χ3n) is 3.31. The Kier molecular flexibility index (Phi) is 4.27. The topological polar surface area (TPSA) is 61.8 Å². The van der Waals surface area contributed by atoms with Crippen LogP contribution in [0.25, 0.3) is 0 Å². The average Bonchev–Trinajstić information content (AvgIpc) is 2.40. The number of hydrogen-bond acceptors (Lipinski definition) is 5. The van der Waals surface area contributed by atoms with E-state index in [-0.39, 0.29) is 5.97 Å². The van der Waals surface area contributed by atoms with Gasteiger partial charge >= 0.3 is 11.9 Å². The Morgan fingerprint density at radius 3 is 2.45 bits per heavy atom. The van der Waals surface area contributed by atoms with Crippen LogP contribution in [-0.4, -0.2) is 25.2 Å². The molecule has 0 aromatic heterocycles. The normalized spacial score (nSPS) is 20.8. The van der Waals surface area contributed by atoms with Crippen LogP contribution < -0.4 is 4.74 Å². The first-order valence-corrected chi connectivity index (χ1v) is 6.52. The molecule has 1 aliphatic carbocycles. The molecule has 0 N–H and O–H groups in total. The lowest BCUT2D eigenvalue weighted by molar-refractivity contribution is -0.167. The van der Waals surface area contributed by atoms with Crippen molar-refractivity contribution >= 4 is 11.9 Å². The summed E-state index contributed by atoms with van der Waals surface area (Å²) >= 11 is 0. The highest BCUT2D eigenvalue weighted by molar-refractivity contribution is 5.68. The highest BCUT2D eigenvalue weighted by Gasteiger charge is 2.34. The molecule has 5 nitrogen and oxygen atoms in total. The number of aryl methyl sites for hydroxylation is 1. The quantitative estimate of drug-likeness (QED) is 0.793. The predicted molar refractivity (Wildman–Crippen MR) is 71.4 cm³/mol. The van der Waals surface area contributed by atoms with Gasteiger partial charge in [0.2, 0.25) is 0 Å². The lowest BCUT2D eigenvalue weighted by Gasteiger charge is -2.32. The van der Waals surface area contributed by atoms with Gasteiger partial charge in [-0.2, -0.15) is 0 Å². The summed E-state index contributed by atoms with van der Waals surface area (Å²) in [5.41, 5.74) is 1.93. The van der Waals surface area contributed by atoms with Gasteiger partial charge in [-0.25, -0.2) is 0 Å². The zero-order valence-electron chi connectivity index (χ0n) is 11.8. The van der Waals surface area contributed by atoms with E-state index in [0.717, 1.165) is 17.5 Å². The molecule has 0 radical (unpaired) electrons. The molecule has 1 aromatic rings. The Morgan fingerprint density at radius 1 is 1.15 bits per heavy atom. The second-order valence-electron chi connectivity index (χ2n) is 4.78. The molecule has 1 aromatic carbocycles. The van der Waals surface area contributed by atoms with Gasteiger partial charge in [-0.3, -0.25) is 9.59 Å². The van der Waals surface area contributed by atoms with Crippen molar-refractivity contribution in [3.8, 4) is 5.75 Å². The van der Waals surface area contributed by atoms with Gasteiger partial charge in [0.05, 0.1) is 7.11 Å². The van der Waals surface area contributed by atoms with Gasteiger partial charge in [0, 0.05) is 19.4 Å². The molecule has 0 fully saturated rings. The van der Waals surface area contributed by atoms with E-state index in [1.165, 1.54) is 13.8 Å². The Balaban J connectivity index is 2.36. The second kappa shape index (κ2) is 5.94. The minimum absolute atomic E-state index is 0.376. The summed E-state index contributed by atoms with van der Waals surface area (Å²) in [6.07, 6.45) is 0.387. The molecule has 0 spiro atoms. The molecule has 2 rings (SSSR count). The summed E-state index contributed by atoms with van der Waals surface area (Å²) in [6, 6.07) is 5.66. The maximum atomic E-state index is 11.3. The van der Waals surface area contributed by atoms with Gasteiger partial charge in [-0.15, -0.1) is 0 Å². The first-order chi connectivity index (χ1) is 9.51. The zero-order valence-corrected chi connectivity index (χ0v) is 11.8. The summed E-state index contributed by atoms with van der Waals surface area (Å²) in [5.74, 6) is -0.0919. The average molecular weight is 278 g/mol. The van der Waals surface area contributed by atoms with Crippen molar-refractivity contribution in [2.45, 2.75) is 38.9 Å². The molecule has 0 heterocycles. The van der Waals surface area contributed by atoms with Gasteiger partial charge < -0.3 is 14.2 Å². The first-order valence-electron chi connectivity index (χ1n) is 6.52. The van der Waals surface area contributed by atoms with Crippen LogP contribution >= 0.6 is 0 Å². The molecule has 108 valence electrons. The SMILES string of the molecule is COc1ccc2c(c1)C(OC(C)=O)C(OC(C)=O)CC2. The van der Waals surface area contributed by atoms with Crippen LogP contribution in [-0.2, 0) is 25.5 Å². The first kappa shape index (κ1) is 14.4. The van der Waals surface area contributed by atoms with Crippen molar-refractivity contribution in [1.29, 1.82) is 0 Å². The summed E-state index contributed by atoms with van der Waals surface area (Å²) in [6.45, 7) is 2.70. The van der Waals surface area contributed by atoms with Crippen LogP contribution in [0.4, 0.5) is 0 Å². The van der Waals surface area contributed by atoms with E-state index in [9.17, 15) is 9.59 Å². The molecular formula is C15H18O5. The van der Waals surface area contributed by atoms with Gasteiger partial charge in [0.15, 0.2) is 6.10 Å². The van der Waals surface area contributed by atoms with E-state index in [1.54, 1.807) is 7.11 Å². The maximum absolute atomic E-state index is 11.3. The van der Waals surface area contributed by atoms with Crippen LogP contribution in [0.3, 0.4) is 0 Å². The van der Waals surface area contributed by atoms with Crippen LogP contribution in [0, 0.1) is 0 Å². The van der Waals surface area contributed by atoms with Crippen molar-refractivity contribution in [2.24, 2.45) is 0 Å².